The molecule has 12 nitrogen and oxygen atoms in total. The van der Waals surface area contributed by atoms with E-state index in [9.17, 15) is 34.5 Å². The molecule has 6 unspecified atom stereocenters. The van der Waals surface area contributed by atoms with Crippen LogP contribution in [0, 0.1) is 0 Å². The van der Waals surface area contributed by atoms with Gasteiger partial charge in [-0.25, -0.2) is 4.79 Å². The monoisotopic (exact) mass is 997 g/mol. The number of aliphatic carboxylic acids is 1. The molecule has 1 aliphatic heterocycles. The Labute approximate surface area is 429 Å². The summed E-state index contributed by atoms with van der Waals surface area (Å²) in [5.74, 6) is -3.31. The number of esters is 3. The van der Waals surface area contributed by atoms with Crippen molar-refractivity contribution in [2.45, 2.75) is 250 Å². The number of carbonyl (C=O) groups is 4. The molecule has 1 rings (SSSR count). The smallest absolute Gasteiger partial charge is 0.335 e. The van der Waals surface area contributed by atoms with Crippen molar-refractivity contribution in [1.29, 1.82) is 0 Å². The number of rotatable bonds is 45. The van der Waals surface area contributed by atoms with E-state index >= 15 is 0 Å². The van der Waals surface area contributed by atoms with Crippen LogP contribution >= 0.6 is 0 Å². The van der Waals surface area contributed by atoms with E-state index in [1.165, 1.54) is 57.8 Å². The van der Waals surface area contributed by atoms with Gasteiger partial charge in [0.2, 0.25) is 0 Å². The molecule has 1 heterocycles. The number of aliphatic hydroxyl groups excluding tert-OH is 2. The lowest BCUT2D eigenvalue weighted by Gasteiger charge is -2.40. The third-order valence-corrected chi connectivity index (χ3v) is 12.0. The molecule has 0 spiro atoms. The van der Waals surface area contributed by atoms with Crippen molar-refractivity contribution in [1.82, 2.24) is 0 Å². The lowest BCUT2D eigenvalue weighted by molar-refractivity contribution is -0.301. The van der Waals surface area contributed by atoms with Gasteiger partial charge < -0.3 is 39.0 Å². The van der Waals surface area contributed by atoms with Crippen LogP contribution in [-0.2, 0) is 42.9 Å². The minimum atomic E-state index is -1.92. The van der Waals surface area contributed by atoms with Gasteiger partial charge in [-0.15, -0.1) is 0 Å². The zero-order valence-electron chi connectivity index (χ0n) is 44.2. The largest absolute Gasteiger partial charge is 0.479 e. The van der Waals surface area contributed by atoms with Crippen LogP contribution in [0.4, 0.5) is 0 Å². The summed E-state index contributed by atoms with van der Waals surface area (Å²) in [5.41, 5.74) is 0. The molecule has 0 aromatic heterocycles. The molecule has 1 fully saturated rings. The molecule has 71 heavy (non-hydrogen) atoms. The lowest BCUT2D eigenvalue weighted by Crippen LogP contribution is -2.61. The van der Waals surface area contributed by atoms with Crippen LogP contribution in [0.1, 0.15) is 213 Å². The number of hydrogen-bond acceptors (Lipinski definition) is 11. The highest BCUT2D eigenvalue weighted by Crippen LogP contribution is 2.26. The molecule has 0 saturated carbocycles. The van der Waals surface area contributed by atoms with E-state index in [1.807, 2.05) is 12.2 Å². The van der Waals surface area contributed by atoms with Gasteiger partial charge >= 0.3 is 23.9 Å². The van der Waals surface area contributed by atoms with E-state index in [1.54, 1.807) is 6.08 Å². The van der Waals surface area contributed by atoms with Crippen LogP contribution in [0.5, 0.6) is 0 Å². The predicted octanol–water partition coefficient (Wildman–Crippen LogP) is 13.6. The number of aliphatic hydroxyl groups is 2. The van der Waals surface area contributed by atoms with Gasteiger partial charge in [0.1, 0.15) is 18.8 Å². The van der Waals surface area contributed by atoms with E-state index in [4.69, 9.17) is 23.7 Å². The van der Waals surface area contributed by atoms with Crippen molar-refractivity contribution in [2.24, 2.45) is 0 Å². The normalized spacial score (nSPS) is 19.1. The second-order valence-corrected chi connectivity index (χ2v) is 18.5. The van der Waals surface area contributed by atoms with Crippen LogP contribution in [-0.4, -0.2) is 89.2 Å². The summed E-state index contributed by atoms with van der Waals surface area (Å²) in [6.07, 6.45) is 47.3. The van der Waals surface area contributed by atoms with Crippen molar-refractivity contribution >= 4 is 23.9 Å². The van der Waals surface area contributed by atoms with Gasteiger partial charge in [0.05, 0.1) is 13.0 Å². The summed E-state index contributed by atoms with van der Waals surface area (Å²) in [6, 6.07) is 0. The molecule has 0 bridgehead atoms. The second-order valence-electron chi connectivity index (χ2n) is 18.5. The molecule has 0 amide bonds. The van der Waals surface area contributed by atoms with E-state index in [0.717, 1.165) is 96.3 Å². The second kappa shape index (κ2) is 46.9. The van der Waals surface area contributed by atoms with Gasteiger partial charge in [-0.2, -0.15) is 0 Å². The Morgan fingerprint density at radius 3 is 1.45 bits per heavy atom. The number of carboxylic acid groups (broad SMARTS) is 1. The van der Waals surface area contributed by atoms with Crippen LogP contribution in [0.15, 0.2) is 85.1 Å². The maximum absolute atomic E-state index is 13.1. The Balaban J connectivity index is 2.79. The Hall–Kier alpha value is -4.10. The van der Waals surface area contributed by atoms with Crippen LogP contribution in [0.3, 0.4) is 0 Å². The summed E-state index contributed by atoms with van der Waals surface area (Å²) in [6.45, 7) is 5.72. The lowest BCUT2D eigenvalue weighted by atomic mass is 9.98. The SMILES string of the molecule is CC/C=C\C/C=C\C/C=C\C/C=C\C/C=C\CC(=O)OCC(COC1OC(C(=O)O)C(O)C(O)C1OC(=O)CCCCCCCCCCCCC)OC(=O)CCCCCCC/C=C\C/C=C\CCCCC. The molecular weight excluding hydrogens is 901 g/mol. The Kier molecular flexibility index (Phi) is 42.9. The Bertz CT molecular complexity index is 1560. The molecule has 0 radical (unpaired) electrons. The number of carbonyl (C=O) groups excluding carboxylic acids is 3. The zero-order chi connectivity index (χ0) is 51.8. The van der Waals surface area contributed by atoms with E-state index in [-0.39, 0.29) is 25.9 Å². The van der Waals surface area contributed by atoms with Crippen LogP contribution in [0.2, 0.25) is 0 Å². The molecule has 3 N–H and O–H groups in total. The van der Waals surface area contributed by atoms with Crippen molar-refractivity contribution in [2.75, 3.05) is 13.2 Å². The molecule has 6 atom stereocenters. The molecule has 1 saturated heterocycles. The number of hydrogen-bond donors (Lipinski definition) is 3. The number of carboxylic acids is 1. The van der Waals surface area contributed by atoms with Crippen molar-refractivity contribution in [3.05, 3.63) is 85.1 Å². The third-order valence-electron chi connectivity index (χ3n) is 12.0. The minimum absolute atomic E-state index is 0.0196. The number of unbranched alkanes of at least 4 members (excludes halogenated alkanes) is 18. The highest BCUT2D eigenvalue weighted by Gasteiger charge is 2.50. The molecule has 12 heteroatoms. The van der Waals surface area contributed by atoms with Gasteiger partial charge in [-0.1, -0.05) is 202 Å². The fourth-order valence-electron chi connectivity index (χ4n) is 7.76. The Morgan fingerprint density at radius 1 is 0.493 bits per heavy atom. The van der Waals surface area contributed by atoms with Crippen LogP contribution < -0.4 is 0 Å². The average Bonchev–Trinajstić information content (AvgIpc) is 3.35. The zero-order valence-corrected chi connectivity index (χ0v) is 44.2. The first-order chi connectivity index (χ1) is 34.6. The van der Waals surface area contributed by atoms with Gasteiger partial charge in [-0.3, -0.25) is 14.4 Å². The average molecular weight is 997 g/mol. The highest BCUT2D eigenvalue weighted by atomic mass is 16.7. The first kappa shape index (κ1) is 64.9. The number of ether oxygens (including phenoxy) is 5. The summed E-state index contributed by atoms with van der Waals surface area (Å²) >= 11 is 0. The third kappa shape index (κ3) is 37.3. The summed E-state index contributed by atoms with van der Waals surface area (Å²) in [5, 5.41) is 31.4. The van der Waals surface area contributed by atoms with Gasteiger partial charge in [0.25, 0.3) is 0 Å². The highest BCUT2D eigenvalue weighted by molar-refractivity contribution is 5.74. The maximum atomic E-state index is 13.1. The minimum Gasteiger partial charge on any atom is -0.479 e. The first-order valence-electron chi connectivity index (χ1n) is 27.6. The van der Waals surface area contributed by atoms with Gasteiger partial charge in [0, 0.05) is 12.8 Å². The fourth-order valence-corrected chi connectivity index (χ4v) is 7.76. The fraction of sp³-hybridized carbons (Fsp3) is 0.695. The standard InChI is InChI=1S/C59H96O12/c1-4-7-10-13-16-19-22-24-26-28-31-33-36-39-42-45-51(60)67-48-50(69-52(61)46-43-40-37-35-32-29-27-25-23-20-17-14-11-8-5-2)49-68-59-57(55(64)54(63)56(71-59)58(65)66)70-53(62)47-44-41-38-34-30-21-18-15-12-9-6-3/h7,10,16-17,19-20,24-27,31,33,39,42,50,54-57,59,63-64H,4-6,8-9,11-15,18,21-23,28-30,32,34-38,40-41,43-49H2,1-3H3,(H,65,66)/b10-7-,19-16-,20-17-,26-24-,27-25-,33-31-,42-39-. The maximum Gasteiger partial charge on any atom is 0.335 e. The van der Waals surface area contributed by atoms with Gasteiger partial charge in [0.15, 0.2) is 24.6 Å². The van der Waals surface area contributed by atoms with Gasteiger partial charge in [-0.05, 0) is 77.0 Å². The quantitative estimate of drug-likeness (QED) is 0.0228. The van der Waals surface area contributed by atoms with Crippen molar-refractivity contribution in [3.8, 4) is 0 Å². The molecule has 404 valence electrons. The van der Waals surface area contributed by atoms with E-state index < -0.39 is 67.3 Å². The van der Waals surface area contributed by atoms with Crippen molar-refractivity contribution in [3.63, 3.8) is 0 Å². The van der Waals surface area contributed by atoms with E-state index in [2.05, 4.69) is 87.6 Å². The first-order valence-corrected chi connectivity index (χ1v) is 27.6. The summed E-state index contributed by atoms with van der Waals surface area (Å²) in [4.78, 5) is 50.9. The molecular formula is C59H96O12. The van der Waals surface area contributed by atoms with Crippen LogP contribution in [0.25, 0.3) is 0 Å². The predicted molar refractivity (Wildman–Crippen MR) is 284 cm³/mol. The topological polar surface area (TPSA) is 175 Å². The Morgan fingerprint density at radius 2 is 0.930 bits per heavy atom. The molecule has 0 aromatic carbocycles. The summed E-state index contributed by atoms with van der Waals surface area (Å²) in [7, 11) is 0. The molecule has 0 aromatic rings. The van der Waals surface area contributed by atoms with Crippen molar-refractivity contribution < 1.29 is 58.2 Å². The molecule has 0 aliphatic carbocycles. The summed E-state index contributed by atoms with van der Waals surface area (Å²) < 4.78 is 28.2. The number of allylic oxidation sites excluding steroid dienone is 13. The van der Waals surface area contributed by atoms with E-state index in [0.29, 0.717) is 19.3 Å². The molecule has 1 aliphatic rings.